The fourth-order valence-corrected chi connectivity index (χ4v) is 5.57. The number of nitrogens with zero attached hydrogens (tertiary/aromatic N) is 4. The number of piperazine rings is 1. The minimum absolute atomic E-state index is 0.242. The van der Waals surface area contributed by atoms with Crippen molar-refractivity contribution in [2.24, 2.45) is 0 Å². The third-order valence-electron chi connectivity index (χ3n) is 7.80. The molecule has 5 rings (SSSR count). The fraction of sp³-hybridized carbons (Fsp3) is 0.344. The van der Waals surface area contributed by atoms with E-state index in [9.17, 15) is 4.79 Å². The molecule has 8 heteroatoms. The standard InChI is InChI=1S/C32H37FN4O3/c1-5-34(6-2)22-23-11-13-24(14-12-23)37-16-15-28(38)25-21-26(33)31(32(40-4)30(25)37)36-19-17-35(18-20-36)27-9-7-8-10-29(27)39-3/h7-16,21H,5-6,17-20,22H2,1-4H3. The van der Waals surface area contributed by atoms with Gasteiger partial charge < -0.3 is 23.8 Å². The van der Waals surface area contributed by atoms with Crippen LogP contribution in [0.4, 0.5) is 15.8 Å². The average Bonchev–Trinajstić information content (AvgIpc) is 3.00. The van der Waals surface area contributed by atoms with Crippen molar-refractivity contribution >= 4 is 22.3 Å². The summed E-state index contributed by atoms with van der Waals surface area (Å²) in [6.45, 7) is 9.73. The smallest absolute Gasteiger partial charge is 0.189 e. The van der Waals surface area contributed by atoms with Crippen LogP contribution in [0, 0.1) is 5.82 Å². The molecule has 4 aromatic rings. The lowest BCUT2D eigenvalue weighted by molar-refractivity contribution is 0.296. The first-order valence-electron chi connectivity index (χ1n) is 13.8. The second-order valence-corrected chi connectivity index (χ2v) is 9.96. The van der Waals surface area contributed by atoms with E-state index in [2.05, 4.69) is 35.8 Å². The molecule has 1 saturated heterocycles. The van der Waals surface area contributed by atoms with Crippen LogP contribution in [0.25, 0.3) is 16.6 Å². The molecule has 0 spiro atoms. The zero-order chi connectivity index (χ0) is 28.2. The van der Waals surface area contributed by atoms with Gasteiger partial charge in [0.2, 0.25) is 0 Å². The van der Waals surface area contributed by atoms with Crippen LogP contribution in [-0.2, 0) is 6.54 Å². The summed E-state index contributed by atoms with van der Waals surface area (Å²) in [5.74, 6) is 0.725. The zero-order valence-corrected chi connectivity index (χ0v) is 23.7. The lowest BCUT2D eigenvalue weighted by Gasteiger charge is -2.38. The number of hydrogen-bond donors (Lipinski definition) is 0. The number of halogens is 1. The third kappa shape index (κ3) is 5.23. The summed E-state index contributed by atoms with van der Waals surface area (Å²) in [5.41, 5.74) is 3.82. The Balaban J connectivity index is 1.51. The summed E-state index contributed by atoms with van der Waals surface area (Å²) >= 11 is 0. The van der Waals surface area contributed by atoms with Crippen molar-refractivity contribution in [3.8, 4) is 17.2 Å². The molecule has 0 bridgehead atoms. The summed E-state index contributed by atoms with van der Waals surface area (Å²) in [7, 11) is 3.21. The summed E-state index contributed by atoms with van der Waals surface area (Å²) in [4.78, 5) is 19.5. The van der Waals surface area contributed by atoms with Crippen LogP contribution >= 0.6 is 0 Å². The largest absolute Gasteiger partial charge is 0.495 e. The highest BCUT2D eigenvalue weighted by molar-refractivity contribution is 5.92. The summed E-state index contributed by atoms with van der Waals surface area (Å²) in [5, 5.41) is 0.292. The highest BCUT2D eigenvalue weighted by Gasteiger charge is 2.27. The Bertz CT molecular complexity index is 1520. The van der Waals surface area contributed by atoms with E-state index in [0.717, 1.165) is 36.8 Å². The number of aromatic nitrogens is 1. The quantitative estimate of drug-likeness (QED) is 0.285. The van der Waals surface area contributed by atoms with Crippen molar-refractivity contribution in [3.63, 3.8) is 0 Å². The van der Waals surface area contributed by atoms with Gasteiger partial charge in [-0.25, -0.2) is 4.39 Å². The molecule has 1 fully saturated rings. The number of ether oxygens (including phenoxy) is 2. The van der Waals surface area contributed by atoms with Gasteiger partial charge in [0.1, 0.15) is 17.0 Å². The van der Waals surface area contributed by atoms with E-state index in [-0.39, 0.29) is 5.43 Å². The molecule has 0 saturated carbocycles. The molecular weight excluding hydrogens is 507 g/mol. The molecule has 7 nitrogen and oxygen atoms in total. The van der Waals surface area contributed by atoms with Crippen molar-refractivity contribution in [2.45, 2.75) is 20.4 Å². The van der Waals surface area contributed by atoms with Gasteiger partial charge >= 0.3 is 0 Å². The molecule has 1 aliphatic rings. The number of hydrogen-bond acceptors (Lipinski definition) is 6. The first-order valence-corrected chi connectivity index (χ1v) is 13.8. The maximum absolute atomic E-state index is 15.7. The van der Waals surface area contributed by atoms with E-state index in [1.165, 1.54) is 24.8 Å². The van der Waals surface area contributed by atoms with Crippen molar-refractivity contribution in [3.05, 3.63) is 88.5 Å². The van der Waals surface area contributed by atoms with Crippen molar-refractivity contribution < 1.29 is 13.9 Å². The third-order valence-corrected chi connectivity index (χ3v) is 7.80. The van der Waals surface area contributed by atoms with Gasteiger partial charge in [-0.05, 0) is 49.0 Å². The Morgan fingerprint density at radius 1 is 0.875 bits per heavy atom. The number of anilines is 2. The van der Waals surface area contributed by atoms with E-state index in [4.69, 9.17) is 9.47 Å². The lowest BCUT2D eigenvalue weighted by Crippen LogP contribution is -2.47. The van der Waals surface area contributed by atoms with E-state index in [1.807, 2.05) is 45.9 Å². The highest BCUT2D eigenvalue weighted by atomic mass is 19.1. The Morgan fingerprint density at radius 2 is 1.55 bits per heavy atom. The molecule has 0 aliphatic carbocycles. The van der Waals surface area contributed by atoms with Crippen molar-refractivity contribution in [2.75, 3.05) is 63.3 Å². The number of benzene rings is 3. The first kappa shape index (κ1) is 27.5. The highest BCUT2D eigenvalue weighted by Crippen LogP contribution is 2.40. The molecule has 0 unspecified atom stereocenters. The molecule has 0 amide bonds. The van der Waals surface area contributed by atoms with Gasteiger partial charge in [0.25, 0.3) is 0 Å². The molecular formula is C32H37FN4O3. The van der Waals surface area contributed by atoms with Gasteiger partial charge in [-0.2, -0.15) is 0 Å². The van der Waals surface area contributed by atoms with E-state index in [0.29, 0.717) is 48.5 Å². The van der Waals surface area contributed by atoms with E-state index < -0.39 is 5.82 Å². The average molecular weight is 545 g/mol. The normalized spacial score (nSPS) is 13.8. The van der Waals surface area contributed by atoms with Crippen LogP contribution in [0.1, 0.15) is 19.4 Å². The molecule has 40 heavy (non-hydrogen) atoms. The fourth-order valence-electron chi connectivity index (χ4n) is 5.57. The van der Waals surface area contributed by atoms with Gasteiger partial charge in [0.05, 0.1) is 25.3 Å². The van der Waals surface area contributed by atoms with Crippen LogP contribution in [0.3, 0.4) is 0 Å². The van der Waals surface area contributed by atoms with Crippen LogP contribution < -0.4 is 24.7 Å². The predicted octanol–water partition coefficient (Wildman–Crippen LogP) is 5.32. The molecule has 1 aromatic heterocycles. The van der Waals surface area contributed by atoms with Crippen LogP contribution in [-0.4, -0.2) is 63.0 Å². The Labute approximate surface area is 234 Å². The second kappa shape index (κ2) is 12.0. The summed E-state index contributed by atoms with van der Waals surface area (Å²) in [6.07, 6.45) is 1.74. The molecule has 2 heterocycles. The molecule has 0 radical (unpaired) electrons. The van der Waals surface area contributed by atoms with Crippen molar-refractivity contribution in [1.82, 2.24) is 9.47 Å². The van der Waals surface area contributed by atoms with Gasteiger partial charge in [-0.3, -0.25) is 9.69 Å². The molecule has 0 N–H and O–H groups in total. The second-order valence-electron chi connectivity index (χ2n) is 9.96. The minimum Gasteiger partial charge on any atom is -0.495 e. The number of fused-ring (bicyclic) bond motifs is 1. The van der Waals surface area contributed by atoms with E-state index in [1.54, 1.807) is 13.3 Å². The van der Waals surface area contributed by atoms with Crippen LogP contribution in [0.2, 0.25) is 0 Å². The Hall–Kier alpha value is -4.04. The molecule has 1 aliphatic heterocycles. The SMILES string of the molecule is CCN(CC)Cc1ccc(-n2ccc(=O)c3cc(F)c(N4CCN(c5ccccc5OC)CC4)c(OC)c32)cc1. The topological polar surface area (TPSA) is 50.2 Å². The number of pyridine rings is 1. The number of para-hydroxylation sites is 2. The number of methoxy groups -OCH3 is 2. The van der Waals surface area contributed by atoms with Gasteiger partial charge in [0.15, 0.2) is 17.0 Å². The maximum Gasteiger partial charge on any atom is 0.189 e. The molecule has 0 atom stereocenters. The van der Waals surface area contributed by atoms with Gasteiger partial charge in [-0.1, -0.05) is 38.1 Å². The monoisotopic (exact) mass is 544 g/mol. The zero-order valence-electron chi connectivity index (χ0n) is 23.7. The van der Waals surface area contributed by atoms with E-state index >= 15 is 4.39 Å². The number of rotatable bonds is 9. The molecule has 210 valence electrons. The summed E-state index contributed by atoms with van der Waals surface area (Å²) < 4.78 is 29.1. The van der Waals surface area contributed by atoms with Gasteiger partial charge in [0, 0.05) is 50.7 Å². The van der Waals surface area contributed by atoms with Crippen LogP contribution in [0.5, 0.6) is 11.5 Å². The first-order chi connectivity index (χ1) is 19.5. The van der Waals surface area contributed by atoms with Gasteiger partial charge in [-0.15, -0.1) is 0 Å². The van der Waals surface area contributed by atoms with Crippen molar-refractivity contribution in [1.29, 1.82) is 0 Å². The Morgan fingerprint density at radius 3 is 2.20 bits per heavy atom. The molecule has 3 aromatic carbocycles. The summed E-state index contributed by atoms with van der Waals surface area (Å²) in [6, 6.07) is 19.0. The Kier molecular flexibility index (Phi) is 8.26. The maximum atomic E-state index is 15.7. The lowest BCUT2D eigenvalue weighted by atomic mass is 10.1. The van der Waals surface area contributed by atoms with Crippen LogP contribution in [0.15, 0.2) is 71.7 Å². The predicted molar refractivity (Wildman–Crippen MR) is 160 cm³/mol. The minimum atomic E-state index is -0.459.